The highest BCUT2D eigenvalue weighted by Crippen LogP contribution is 2.21. The van der Waals surface area contributed by atoms with E-state index in [1.807, 2.05) is 32.9 Å². The normalized spacial score (nSPS) is 10.9. The molecule has 0 spiro atoms. The second-order valence-electron chi connectivity index (χ2n) is 5.03. The fourth-order valence-electron chi connectivity index (χ4n) is 1.74. The molecule has 0 unspecified atom stereocenters. The predicted octanol–water partition coefficient (Wildman–Crippen LogP) is 2.39. The van der Waals surface area contributed by atoms with Gasteiger partial charge >= 0.3 is 5.97 Å². The molecule has 0 atom stereocenters. The molecule has 5 nitrogen and oxygen atoms in total. The van der Waals surface area contributed by atoms with E-state index >= 15 is 0 Å². The number of hydrogen-bond acceptors (Lipinski definition) is 3. The Hall–Kier alpha value is -2.30. The summed E-state index contributed by atoms with van der Waals surface area (Å²) in [7, 11) is 0. The van der Waals surface area contributed by atoms with Crippen molar-refractivity contribution >= 4 is 18.0 Å². The first-order valence-corrected chi connectivity index (χ1v) is 6.82. The monoisotopic (exact) mass is 291 g/mol. The summed E-state index contributed by atoms with van der Waals surface area (Å²) >= 11 is 0. The fourth-order valence-corrected chi connectivity index (χ4v) is 1.74. The maximum atomic E-state index is 11.5. The smallest absolute Gasteiger partial charge is 0.328 e. The number of carbonyl (C=O) groups is 2. The minimum atomic E-state index is -1.02. The summed E-state index contributed by atoms with van der Waals surface area (Å²) < 4.78 is 5.57. The van der Waals surface area contributed by atoms with Crippen LogP contribution in [-0.4, -0.2) is 29.6 Å². The van der Waals surface area contributed by atoms with Crippen LogP contribution < -0.4 is 10.1 Å². The average Bonchev–Trinajstić information content (AvgIpc) is 2.37. The largest absolute Gasteiger partial charge is 0.492 e. The second kappa shape index (κ2) is 8.09. The standard InChI is InChI=1S/C16H21NO4/c1-11(2)17-15(18)8-9-21-14-6-4-12(3)10-13(14)5-7-16(19)20/h4-7,10-11H,8-9H2,1-3H3,(H,17,18)(H,19,20). The minimum absolute atomic E-state index is 0.0697. The fraction of sp³-hybridized carbons (Fsp3) is 0.375. The zero-order valence-electron chi connectivity index (χ0n) is 12.6. The van der Waals surface area contributed by atoms with Crippen molar-refractivity contribution in [2.24, 2.45) is 0 Å². The van der Waals surface area contributed by atoms with E-state index in [9.17, 15) is 9.59 Å². The van der Waals surface area contributed by atoms with Crippen molar-refractivity contribution < 1.29 is 19.4 Å². The summed E-state index contributed by atoms with van der Waals surface area (Å²) in [6, 6.07) is 5.59. The first-order chi connectivity index (χ1) is 9.88. The second-order valence-corrected chi connectivity index (χ2v) is 5.03. The van der Waals surface area contributed by atoms with Gasteiger partial charge in [0.2, 0.25) is 5.91 Å². The van der Waals surface area contributed by atoms with Crippen LogP contribution in [0.5, 0.6) is 5.75 Å². The van der Waals surface area contributed by atoms with E-state index < -0.39 is 5.97 Å². The molecule has 0 radical (unpaired) electrons. The highest BCUT2D eigenvalue weighted by molar-refractivity contribution is 5.86. The number of carbonyl (C=O) groups excluding carboxylic acids is 1. The quantitative estimate of drug-likeness (QED) is 0.756. The van der Waals surface area contributed by atoms with Gasteiger partial charge in [0.25, 0.3) is 0 Å². The third-order valence-corrected chi connectivity index (χ3v) is 2.61. The van der Waals surface area contributed by atoms with E-state index in [2.05, 4.69) is 5.32 Å². The van der Waals surface area contributed by atoms with Gasteiger partial charge in [0.1, 0.15) is 5.75 Å². The lowest BCUT2D eigenvalue weighted by Crippen LogP contribution is -2.31. The molecule has 0 saturated carbocycles. The zero-order valence-corrected chi connectivity index (χ0v) is 12.6. The Morgan fingerprint density at radius 2 is 2.10 bits per heavy atom. The van der Waals surface area contributed by atoms with Gasteiger partial charge in [0, 0.05) is 17.7 Å². The van der Waals surface area contributed by atoms with Crippen LogP contribution in [0.1, 0.15) is 31.4 Å². The van der Waals surface area contributed by atoms with Crippen LogP contribution >= 0.6 is 0 Å². The number of hydrogen-bond donors (Lipinski definition) is 2. The van der Waals surface area contributed by atoms with Crippen molar-refractivity contribution in [1.82, 2.24) is 5.32 Å². The van der Waals surface area contributed by atoms with Crippen LogP contribution in [0.2, 0.25) is 0 Å². The van der Waals surface area contributed by atoms with E-state index in [1.165, 1.54) is 6.08 Å². The molecular formula is C16H21NO4. The first kappa shape index (κ1) is 16.8. The number of ether oxygens (including phenoxy) is 1. The third kappa shape index (κ3) is 6.61. The summed E-state index contributed by atoms with van der Waals surface area (Å²) in [6.45, 7) is 5.95. The average molecular weight is 291 g/mol. The van der Waals surface area contributed by atoms with Gasteiger partial charge in [0.05, 0.1) is 13.0 Å². The number of nitrogens with one attached hydrogen (secondary N) is 1. The molecule has 0 bridgehead atoms. The molecule has 0 aliphatic heterocycles. The number of benzene rings is 1. The molecule has 1 rings (SSSR count). The lowest BCUT2D eigenvalue weighted by Gasteiger charge is -2.11. The Labute approximate surface area is 124 Å². The predicted molar refractivity (Wildman–Crippen MR) is 81.2 cm³/mol. The van der Waals surface area contributed by atoms with Crippen molar-refractivity contribution in [3.05, 3.63) is 35.4 Å². The van der Waals surface area contributed by atoms with Gasteiger partial charge < -0.3 is 15.2 Å². The van der Waals surface area contributed by atoms with Crippen molar-refractivity contribution in [2.45, 2.75) is 33.2 Å². The molecule has 1 aromatic carbocycles. The van der Waals surface area contributed by atoms with Gasteiger partial charge in [-0.05, 0) is 39.0 Å². The van der Waals surface area contributed by atoms with Crippen LogP contribution in [0.3, 0.4) is 0 Å². The Morgan fingerprint density at radius 3 is 2.71 bits per heavy atom. The lowest BCUT2D eigenvalue weighted by molar-refractivity contribution is -0.131. The molecule has 0 aromatic heterocycles. The van der Waals surface area contributed by atoms with E-state index in [-0.39, 0.29) is 25.0 Å². The molecule has 0 aliphatic carbocycles. The van der Waals surface area contributed by atoms with Gasteiger partial charge in [-0.3, -0.25) is 4.79 Å². The molecule has 0 saturated heterocycles. The van der Waals surface area contributed by atoms with E-state index in [0.717, 1.165) is 11.6 Å². The third-order valence-electron chi connectivity index (χ3n) is 2.61. The van der Waals surface area contributed by atoms with E-state index in [4.69, 9.17) is 9.84 Å². The molecule has 5 heteroatoms. The van der Waals surface area contributed by atoms with Crippen molar-refractivity contribution in [1.29, 1.82) is 0 Å². The summed E-state index contributed by atoms with van der Waals surface area (Å²) in [6.07, 6.45) is 2.81. The molecule has 1 aromatic rings. The van der Waals surface area contributed by atoms with Crippen molar-refractivity contribution in [2.75, 3.05) is 6.61 Å². The molecule has 0 fully saturated rings. The summed E-state index contributed by atoms with van der Waals surface area (Å²) in [5, 5.41) is 11.5. The molecule has 114 valence electrons. The maximum absolute atomic E-state index is 11.5. The van der Waals surface area contributed by atoms with Gasteiger partial charge in [-0.2, -0.15) is 0 Å². The molecule has 0 heterocycles. The molecule has 2 N–H and O–H groups in total. The Kier molecular flexibility index (Phi) is 6.46. The summed E-state index contributed by atoms with van der Waals surface area (Å²) in [5.74, 6) is -0.519. The van der Waals surface area contributed by atoms with Crippen LogP contribution in [0.4, 0.5) is 0 Å². The Morgan fingerprint density at radius 1 is 1.38 bits per heavy atom. The maximum Gasteiger partial charge on any atom is 0.328 e. The van der Waals surface area contributed by atoms with E-state index in [1.54, 1.807) is 6.07 Å². The lowest BCUT2D eigenvalue weighted by atomic mass is 10.1. The molecule has 21 heavy (non-hydrogen) atoms. The number of aryl methyl sites for hydroxylation is 1. The van der Waals surface area contributed by atoms with E-state index in [0.29, 0.717) is 11.3 Å². The van der Waals surface area contributed by atoms with Gasteiger partial charge in [-0.25, -0.2) is 4.79 Å². The van der Waals surface area contributed by atoms with Crippen molar-refractivity contribution in [3.8, 4) is 5.75 Å². The highest BCUT2D eigenvalue weighted by Gasteiger charge is 2.06. The molecular weight excluding hydrogens is 270 g/mol. The van der Waals surface area contributed by atoms with Crippen LogP contribution in [0, 0.1) is 6.92 Å². The number of rotatable bonds is 7. The topological polar surface area (TPSA) is 75.6 Å². The van der Waals surface area contributed by atoms with Gasteiger partial charge in [-0.1, -0.05) is 11.6 Å². The highest BCUT2D eigenvalue weighted by atomic mass is 16.5. The minimum Gasteiger partial charge on any atom is -0.492 e. The molecule has 1 amide bonds. The Bertz CT molecular complexity index is 535. The zero-order chi connectivity index (χ0) is 15.8. The Balaban J connectivity index is 2.66. The number of aliphatic carboxylic acids is 1. The summed E-state index contributed by atoms with van der Waals surface area (Å²) in [5.41, 5.74) is 1.69. The summed E-state index contributed by atoms with van der Waals surface area (Å²) in [4.78, 5) is 22.1. The number of carboxylic acid groups (broad SMARTS) is 1. The van der Waals surface area contributed by atoms with Gasteiger partial charge in [0.15, 0.2) is 0 Å². The number of amides is 1. The van der Waals surface area contributed by atoms with Gasteiger partial charge in [-0.15, -0.1) is 0 Å². The van der Waals surface area contributed by atoms with Crippen LogP contribution in [-0.2, 0) is 9.59 Å². The van der Waals surface area contributed by atoms with Crippen molar-refractivity contribution in [3.63, 3.8) is 0 Å². The molecule has 0 aliphatic rings. The van der Waals surface area contributed by atoms with Crippen LogP contribution in [0.15, 0.2) is 24.3 Å². The van der Waals surface area contributed by atoms with Crippen LogP contribution in [0.25, 0.3) is 6.08 Å². The first-order valence-electron chi connectivity index (χ1n) is 6.82. The SMILES string of the molecule is Cc1ccc(OCCC(=O)NC(C)C)c(C=CC(=O)O)c1. The number of carboxylic acids is 1.